The van der Waals surface area contributed by atoms with Crippen LogP contribution in [0.3, 0.4) is 0 Å². The number of rotatable bonds is 6. The average molecular weight is 413 g/mol. The van der Waals surface area contributed by atoms with Crippen LogP contribution in [0.5, 0.6) is 0 Å². The lowest BCUT2D eigenvalue weighted by Crippen LogP contribution is -2.40. The van der Waals surface area contributed by atoms with Gasteiger partial charge in [0.05, 0.1) is 32.0 Å². The summed E-state index contributed by atoms with van der Waals surface area (Å²) in [6.07, 6.45) is 0. The van der Waals surface area contributed by atoms with Crippen molar-refractivity contribution in [3.8, 4) is 0 Å². The standard InChI is InChI=1S/C19H23N7O4/c27-18(14-3-1-2-4-15(14)24-28)23-22-16-13-17(25-5-9-29-10-6-25)21-19(20-16)26-7-11-30-12-8-26/h1-4,13H,5-12H2,(H,23,27)(H,20,21,22). The third-order valence-electron chi connectivity index (χ3n) is 4.88. The zero-order valence-electron chi connectivity index (χ0n) is 16.4. The first-order valence-electron chi connectivity index (χ1n) is 9.78. The molecule has 1 aromatic carbocycles. The Kier molecular flexibility index (Phi) is 6.30. The number of hydrogen-bond donors (Lipinski definition) is 2. The number of morpholine rings is 2. The molecule has 158 valence electrons. The van der Waals surface area contributed by atoms with E-state index in [4.69, 9.17) is 14.5 Å². The fraction of sp³-hybridized carbons (Fsp3) is 0.421. The van der Waals surface area contributed by atoms with Crippen LogP contribution in [-0.2, 0) is 9.47 Å². The van der Waals surface area contributed by atoms with Crippen molar-refractivity contribution >= 4 is 29.2 Å². The number of amides is 1. The molecule has 2 N–H and O–H groups in total. The highest BCUT2D eigenvalue weighted by atomic mass is 16.5. The van der Waals surface area contributed by atoms with E-state index in [1.54, 1.807) is 18.2 Å². The summed E-state index contributed by atoms with van der Waals surface area (Å²) in [5.41, 5.74) is 5.68. The lowest BCUT2D eigenvalue weighted by Gasteiger charge is -2.31. The lowest BCUT2D eigenvalue weighted by molar-refractivity contribution is 0.0963. The number of nitrogens with zero attached hydrogens (tertiary/aromatic N) is 5. The maximum absolute atomic E-state index is 12.5. The molecule has 2 saturated heterocycles. The minimum Gasteiger partial charge on any atom is -0.378 e. The van der Waals surface area contributed by atoms with Gasteiger partial charge in [-0.2, -0.15) is 9.97 Å². The highest BCUT2D eigenvalue weighted by Gasteiger charge is 2.20. The molecule has 30 heavy (non-hydrogen) atoms. The second-order valence-corrected chi connectivity index (χ2v) is 6.80. The average Bonchev–Trinajstić information content (AvgIpc) is 2.83. The molecule has 0 spiro atoms. The number of aromatic nitrogens is 2. The fourth-order valence-corrected chi connectivity index (χ4v) is 3.28. The number of carbonyl (C=O) groups is 1. The summed E-state index contributed by atoms with van der Waals surface area (Å²) in [5, 5.41) is 2.90. The van der Waals surface area contributed by atoms with Crippen molar-refractivity contribution in [2.45, 2.75) is 0 Å². The molecular weight excluding hydrogens is 390 g/mol. The quantitative estimate of drug-likeness (QED) is 0.533. The van der Waals surface area contributed by atoms with Crippen molar-refractivity contribution in [1.82, 2.24) is 15.4 Å². The van der Waals surface area contributed by atoms with E-state index in [0.717, 1.165) is 18.9 Å². The molecule has 0 unspecified atom stereocenters. The molecule has 2 aliphatic rings. The molecule has 0 saturated carbocycles. The van der Waals surface area contributed by atoms with Gasteiger partial charge >= 0.3 is 0 Å². The molecule has 0 bridgehead atoms. The van der Waals surface area contributed by atoms with Crippen molar-refractivity contribution in [1.29, 1.82) is 0 Å². The van der Waals surface area contributed by atoms with Gasteiger partial charge in [0, 0.05) is 32.2 Å². The first-order valence-corrected chi connectivity index (χ1v) is 9.78. The maximum atomic E-state index is 12.5. The van der Waals surface area contributed by atoms with Crippen LogP contribution in [-0.4, -0.2) is 68.5 Å². The number of ether oxygens (including phenoxy) is 2. The first kappa shape index (κ1) is 20.0. The number of benzene rings is 1. The molecule has 11 heteroatoms. The van der Waals surface area contributed by atoms with Crippen LogP contribution in [0.4, 0.5) is 23.3 Å². The zero-order chi connectivity index (χ0) is 20.8. The van der Waals surface area contributed by atoms with Crippen LogP contribution in [0.25, 0.3) is 0 Å². The van der Waals surface area contributed by atoms with Gasteiger partial charge in [-0.3, -0.25) is 15.6 Å². The van der Waals surface area contributed by atoms with E-state index in [1.807, 2.05) is 4.90 Å². The predicted molar refractivity (Wildman–Crippen MR) is 111 cm³/mol. The van der Waals surface area contributed by atoms with Gasteiger partial charge in [-0.25, -0.2) is 0 Å². The minimum atomic E-state index is -0.482. The monoisotopic (exact) mass is 413 g/mol. The Hall–Kier alpha value is -3.31. The Morgan fingerprint density at radius 1 is 0.967 bits per heavy atom. The van der Waals surface area contributed by atoms with Crippen molar-refractivity contribution in [2.24, 2.45) is 5.18 Å². The van der Waals surface area contributed by atoms with Gasteiger partial charge in [0.1, 0.15) is 11.5 Å². The van der Waals surface area contributed by atoms with Crippen LogP contribution < -0.4 is 20.7 Å². The smallest absolute Gasteiger partial charge is 0.271 e. The minimum absolute atomic E-state index is 0.0718. The van der Waals surface area contributed by atoms with Gasteiger partial charge in [-0.05, 0) is 17.3 Å². The van der Waals surface area contributed by atoms with Crippen LogP contribution in [0.2, 0.25) is 0 Å². The van der Waals surface area contributed by atoms with E-state index >= 15 is 0 Å². The third-order valence-corrected chi connectivity index (χ3v) is 4.88. The normalized spacial score (nSPS) is 16.8. The number of anilines is 3. The summed E-state index contributed by atoms with van der Waals surface area (Å²) >= 11 is 0. The topological polar surface area (TPSA) is 121 Å². The summed E-state index contributed by atoms with van der Waals surface area (Å²) in [6, 6.07) is 8.11. The number of hydrazine groups is 1. The molecule has 0 aliphatic carbocycles. The van der Waals surface area contributed by atoms with Gasteiger partial charge < -0.3 is 19.3 Å². The van der Waals surface area contributed by atoms with Gasteiger partial charge in [-0.1, -0.05) is 12.1 Å². The van der Waals surface area contributed by atoms with Crippen molar-refractivity contribution in [3.05, 3.63) is 40.8 Å². The van der Waals surface area contributed by atoms with E-state index in [1.165, 1.54) is 12.1 Å². The lowest BCUT2D eigenvalue weighted by atomic mass is 10.2. The van der Waals surface area contributed by atoms with Crippen LogP contribution in [0, 0.1) is 4.91 Å². The van der Waals surface area contributed by atoms with Crippen LogP contribution in [0.15, 0.2) is 35.5 Å². The predicted octanol–water partition coefficient (Wildman–Crippen LogP) is 1.30. The van der Waals surface area contributed by atoms with E-state index < -0.39 is 5.91 Å². The SMILES string of the molecule is O=Nc1ccccc1C(=O)NNc1cc(N2CCOCC2)nc(N2CCOCC2)n1. The van der Waals surface area contributed by atoms with Crippen molar-refractivity contribution in [2.75, 3.05) is 67.8 Å². The van der Waals surface area contributed by atoms with Gasteiger partial charge in [0.2, 0.25) is 5.95 Å². The molecule has 2 aliphatic heterocycles. The van der Waals surface area contributed by atoms with Crippen LogP contribution >= 0.6 is 0 Å². The molecule has 0 atom stereocenters. The highest BCUT2D eigenvalue weighted by molar-refractivity contribution is 5.99. The Morgan fingerprint density at radius 2 is 1.63 bits per heavy atom. The van der Waals surface area contributed by atoms with Crippen molar-refractivity contribution in [3.63, 3.8) is 0 Å². The van der Waals surface area contributed by atoms with Gasteiger partial charge in [0.25, 0.3) is 5.91 Å². The van der Waals surface area contributed by atoms with E-state index in [0.29, 0.717) is 51.3 Å². The molecule has 11 nitrogen and oxygen atoms in total. The van der Waals surface area contributed by atoms with E-state index in [-0.39, 0.29) is 11.3 Å². The molecule has 4 rings (SSSR count). The molecule has 1 aromatic heterocycles. The van der Waals surface area contributed by atoms with Crippen LogP contribution in [0.1, 0.15) is 10.4 Å². The summed E-state index contributed by atoms with van der Waals surface area (Å²) < 4.78 is 10.8. The molecular formula is C19H23N7O4. The second-order valence-electron chi connectivity index (χ2n) is 6.80. The zero-order valence-corrected chi connectivity index (χ0v) is 16.4. The summed E-state index contributed by atoms with van der Waals surface area (Å²) in [4.78, 5) is 36.9. The van der Waals surface area contributed by atoms with Gasteiger partial charge in [-0.15, -0.1) is 4.91 Å². The summed E-state index contributed by atoms with van der Waals surface area (Å²) in [5.74, 6) is 1.28. The highest BCUT2D eigenvalue weighted by Crippen LogP contribution is 2.22. The Balaban J connectivity index is 1.54. The fourth-order valence-electron chi connectivity index (χ4n) is 3.28. The Labute approximate surface area is 173 Å². The molecule has 3 heterocycles. The molecule has 2 fully saturated rings. The van der Waals surface area contributed by atoms with Gasteiger partial charge in [0.15, 0.2) is 5.82 Å². The maximum Gasteiger partial charge on any atom is 0.271 e. The number of carbonyl (C=O) groups excluding carboxylic acids is 1. The number of nitroso groups, excluding NO2 is 1. The second kappa shape index (κ2) is 9.46. The Bertz CT molecular complexity index is 862. The largest absolute Gasteiger partial charge is 0.378 e. The summed E-state index contributed by atoms with van der Waals surface area (Å²) in [7, 11) is 0. The van der Waals surface area contributed by atoms with E-state index in [9.17, 15) is 9.70 Å². The van der Waals surface area contributed by atoms with E-state index in [2.05, 4.69) is 25.9 Å². The Morgan fingerprint density at radius 3 is 2.33 bits per heavy atom. The molecule has 2 aromatic rings. The molecule has 0 radical (unpaired) electrons. The first-order chi connectivity index (χ1) is 14.7. The molecule has 1 amide bonds. The third kappa shape index (κ3) is 4.63. The number of nitrogens with one attached hydrogen (secondary N) is 2. The number of hydrogen-bond acceptors (Lipinski definition) is 10. The van der Waals surface area contributed by atoms with Crippen molar-refractivity contribution < 1.29 is 14.3 Å². The summed E-state index contributed by atoms with van der Waals surface area (Å²) in [6.45, 7) is 5.32.